The van der Waals surface area contributed by atoms with Gasteiger partial charge in [0.1, 0.15) is 11.9 Å². The van der Waals surface area contributed by atoms with Crippen LogP contribution in [0.4, 0.5) is 10.1 Å². The molecule has 28 heavy (non-hydrogen) atoms. The third kappa shape index (κ3) is 5.27. The van der Waals surface area contributed by atoms with Crippen molar-refractivity contribution >= 4 is 15.7 Å². The number of nitrogens with one attached hydrogen (secondary N) is 1. The molecule has 9 heteroatoms. The van der Waals surface area contributed by atoms with Crippen LogP contribution < -0.4 is 10.4 Å². The highest BCUT2D eigenvalue weighted by atomic mass is 32.2. The molecular weight excluding hydrogens is 383 g/mol. The van der Waals surface area contributed by atoms with Crippen molar-refractivity contribution in [2.24, 2.45) is 0 Å². The van der Waals surface area contributed by atoms with Crippen molar-refractivity contribution in [1.29, 1.82) is 0 Å². The second kappa shape index (κ2) is 9.12. The van der Waals surface area contributed by atoms with Gasteiger partial charge < -0.3 is 10.1 Å². The number of benzene rings is 1. The van der Waals surface area contributed by atoms with Gasteiger partial charge in [-0.05, 0) is 36.4 Å². The van der Waals surface area contributed by atoms with E-state index in [2.05, 4.69) is 16.8 Å². The maximum atomic E-state index is 13.1. The lowest BCUT2D eigenvalue weighted by Crippen LogP contribution is -2.51. The van der Waals surface area contributed by atoms with Gasteiger partial charge in [0.05, 0.1) is 5.75 Å². The summed E-state index contributed by atoms with van der Waals surface area (Å²) in [5, 5.41) is 9.29. The highest BCUT2D eigenvalue weighted by Gasteiger charge is 2.29. The van der Waals surface area contributed by atoms with Gasteiger partial charge in [-0.15, -0.1) is 0 Å². The van der Waals surface area contributed by atoms with Gasteiger partial charge in [0, 0.05) is 49.8 Å². The zero-order valence-electron chi connectivity index (χ0n) is 15.1. The van der Waals surface area contributed by atoms with Crippen molar-refractivity contribution in [3.05, 3.63) is 60.2 Å². The Kier molecular flexibility index (Phi) is 6.59. The number of hydrogen-bond donors (Lipinski definition) is 2. The molecule has 0 radical (unpaired) electrons. The molecule has 1 fully saturated rings. The van der Waals surface area contributed by atoms with Crippen LogP contribution in [-0.2, 0) is 10.0 Å². The number of rotatable bonds is 5. The summed E-state index contributed by atoms with van der Waals surface area (Å²) in [7, 11) is -3.61. The second-order valence-corrected chi connectivity index (χ2v) is 8.35. The molecule has 1 aromatic heterocycles. The second-order valence-electron chi connectivity index (χ2n) is 6.33. The third-order valence-electron chi connectivity index (χ3n) is 4.41. The monoisotopic (exact) mass is 404 g/mol. The molecular formula is C19H21FN4O3S. The molecule has 2 heterocycles. The molecule has 0 amide bonds. The van der Waals surface area contributed by atoms with E-state index < -0.39 is 16.1 Å². The van der Waals surface area contributed by atoms with E-state index in [9.17, 15) is 18.0 Å². The van der Waals surface area contributed by atoms with E-state index in [1.165, 1.54) is 16.4 Å². The maximum absolute atomic E-state index is 13.1. The van der Waals surface area contributed by atoms with Crippen molar-refractivity contribution < 1.29 is 18.0 Å². The quantitative estimate of drug-likeness (QED) is 0.573. The minimum Gasteiger partial charge on any atom is -0.369 e. The fourth-order valence-electron chi connectivity index (χ4n) is 2.91. The number of nitrogens with zero attached hydrogens (tertiary/aromatic N) is 3. The number of hydrogen-bond acceptors (Lipinski definition) is 6. The molecule has 7 nitrogen and oxygen atoms in total. The van der Waals surface area contributed by atoms with Crippen molar-refractivity contribution in [2.45, 2.75) is 6.04 Å². The summed E-state index contributed by atoms with van der Waals surface area (Å²) in [6.45, 7) is 1.63. The van der Waals surface area contributed by atoms with E-state index in [0.29, 0.717) is 31.7 Å². The molecule has 1 aromatic carbocycles. The molecule has 2 N–H and O–H groups in total. The van der Waals surface area contributed by atoms with Gasteiger partial charge in [0.25, 0.3) is 0 Å². The maximum Gasteiger partial charge on any atom is 0.216 e. The molecule has 148 valence electrons. The largest absolute Gasteiger partial charge is 0.369 e. The Bertz CT molecular complexity index is 935. The van der Waals surface area contributed by atoms with Crippen molar-refractivity contribution in [1.82, 2.24) is 14.8 Å². The first-order valence-electron chi connectivity index (χ1n) is 8.77. The zero-order valence-corrected chi connectivity index (χ0v) is 15.9. The van der Waals surface area contributed by atoms with E-state index in [1.807, 2.05) is 10.4 Å². The van der Waals surface area contributed by atoms with E-state index in [0.717, 1.165) is 5.69 Å². The Balaban J connectivity index is 1.60. The summed E-state index contributed by atoms with van der Waals surface area (Å²) in [5.41, 5.74) is 3.45. The van der Waals surface area contributed by atoms with Gasteiger partial charge in [0.15, 0.2) is 0 Å². The van der Waals surface area contributed by atoms with Crippen LogP contribution in [0.3, 0.4) is 0 Å². The summed E-state index contributed by atoms with van der Waals surface area (Å²) in [4.78, 5) is 5.95. The van der Waals surface area contributed by atoms with Gasteiger partial charge in [-0.1, -0.05) is 11.8 Å². The number of hydroxylamine groups is 1. The first kappa shape index (κ1) is 20.2. The zero-order chi connectivity index (χ0) is 20.0. The molecule has 0 spiro atoms. The Labute approximate surface area is 163 Å². The van der Waals surface area contributed by atoms with E-state index in [-0.39, 0.29) is 11.6 Å². The predicted octanol–water partition coefficient (Wildman–Crippen LogP) is 1.07. The number of halogens is 1. The Morgan fingerprint density at radius 1 is 1.18 bits per heavy atom. The lowest BCUT2D eigenvalue weighted by molar-refractivity contribution is 0.153. The highest BCUT2D eigenvalue weighted by molar-refractivity contribution is 7.89. The number of pyridine rings is 1. The van der Waals surface area contributed by atoms with Crippen LogP contribution in [0.25, 0.3) is 0 Å². The summed E-state index contributed by atoms with van der Waals surface area (Å²) in [5.74, 6) is 4.87. The third-order valence-corrected chi connectivity index (χ3v) is 6.32. The molecule has 1 saturated heterocycles. The van der Waals surface area contributed by atoms with Gasteiger partial charge >= 0.3 is 0 Å². The fraction of sp³-hybridized carbons (Fsp3) is 0.316. The molecule has 0 bridgehead atoms. The van der Waals surface area contributed by atoms with Crippen LogP contribution in [0.15, 0.2) is 48.8 Å². The van der Waals surface area contributed by atoms with Crippen LogP contribution in [0.2, 0.25) is 0 Å². The standard InChI is InChI=1S/C19H21FN4O3S/c20-17-4-7-19(8-5-17)23-10-12-24(13-11-23)28(26,27)15-18(22-25)6-3-16-2-1-9-21-14-16/h1-2,4-5,7-9,14,18,22,25H,10-13,15H2. The summed E-state index contributed by atoms with van der Waals surface area (Å²) in [6, 6.07) is 8.69. The first-order valence-corrected chi connectivity index (χ1v) is 10.4. The smallest absolute Gasteiger partial charge is 0.216 e. The minimum atomic E-state index is -3.61. The van der Waals surface area contributed by atoms with Crippen molar-refractivity contribution in [3.8, 4) is 11.8 Å². The minimum absolute atomic E-state index is 0.306. The molecule has 1 atom stereocenters. The number of sulfonamides is 1. The normalized spacial score (nSPS) is 16.3. The molecule has 1 aliphatic rings. The Morgan fingerprint density at radius 3 is 2.50 bits per heavy atom. The molecule has 0 aliphatic carbocycles. The first-order chi connectivity index (χ1) is 13.5. The summed E-state index contributed by atoms with van der Waals surface area (Å²) in [6.07, 6.45) is 3.17. The van der Waals surface area contributed by atoms with Crippen LogP contribution in [0.1, 0.15) is 5.56 Å². The summed E-state index contributed by atoms with van der Waals surface area (Å²) < 4.78 is 39.8. The molecule has 1 unspecified atom stereocenters. The fourth-order valence-corrected chi connectivity index (χ4v) is 4.42. The lowest BCUT2D eigenvalue weighted by atomic mass is 10.2. The van der Waals surface area contributed by atoms with Crippen molar-refractivity contribution in [2.75, 3.05) is 36.8 Å². The lowest BCUT2D eigenvalue weighted by Gasteiger charge is -2.35. The molecule has 1 aliphatic heterocycles. The van der Waals surface area contributed by atoms with Gasteiger partial charge in [-0.3, -0.25) is 4.98 Å². The SMILES string of the molecule is O=S(=O)(CC(C#Cc1cccnc1)NO)N1CCN(c2ccc(F)cc2)CC1. The van der Waals surface area contributed by atoms with Crippen molar-refractivity contribution in [3.63, 3.8) is 0 Å². The number of aromatic nitrogens is 1. The molecule has 3 rings (SSSR count). The Hall–Kier alpha value is -2.51. The average Bonchev–Trinajstić information content (AvgIpc) is 2.72. The van der Waals surface area contributed by atoms with Gasteiger partial charge in [-0.2, -0.15) is 9.79 Å². The van der Waals surface area contributed by atoms with Crippen LogP contribution >= 0.6 is 0 Å². The van der Waals surface area contributed by atoms with Gasteiger partial charge in [0.2, 0.25) is 10.0 Å². The Morgan fingerprint density at radius 2 is 1.89 bits per heavy atom. The van der Waals surface area contributed by atoms with Gasteiger partial charge in [-0.25, -0.2) is 12.8 Å². The van der Waals surface area contributed by atoms with Crippen LogP contribution in [0, 0.1) is 17.7 Å². The van der Waals surface area contributed by atoms with E-state index in [4.69, 9.17) is 0 Å². The predicted molar refractivity (Wildman–Crippen MR) is 104 cm³/mol. The number of anilines is 1. The summed E-state index contributed by atoms with van der Waals surface area (Å²) >= 11 is 0. The van der Waals surface area contributed by atoms with Crippen LogP contribution in [0.5, 0.6) is 0 Å². The molecule has 2 aromatic rings. The average molecular weight is 404 g/mol. The topological polar surface area (TPSA) is 85.8 Å². The molecule has 0 saturated carbocycles. The van der Waals surface area contributed by atoms with E-state index in [1.54, 1.807) is 36.7 Å². The van der Waals surface area contributed by atoms with Crippen LogP contribution in [-0.4, -0.2) is 60.9 Å². The van der Waals surface area contributed by atoms with E-state index >= 15 is 0 Å². The number of piperazine rings is 1. The highest BCUT2D eigenvalue weighted by Crippen LogP contribution is 2.18.